The van der Waals surface area contributed by atoms with Gasteiger partial charge in [-0.2, -0.15) is 4.31 Å². The number of benzene rings is 1. The van der Waals surface area contributed by atoms with E-state index in [4.69, 9.17) is 4.52 Å². The normalized spacial score (nSPS) is 16.5. The van der Waals surface area contributed by atoms with Crippen molar-refractivity contribution in [1.29, 1.82) is 0 Å². The quantitative estimate of drug-likeness (QED) is 0.635. The van der Waals surface area contributed by atoms with E-state index in [0.29, 0.717) is 37.6 Å². The van der Waals surface area contributed by atoms with Gasteiger partial charge in [-0.3, -0.25) is 4.90 Å². The maximum Gasteiger partial charge on any atom is 0.243 e. The highest BCUT2D eigenvalue weighted by molar-refractivity contribution is 7.89. The molecular formula is C20H23N3O3S2. The lowest BCUT2D eigenvalue weighted by atomic mass is 10.2. The van der Waals surface area contributed by atoms with Gasteiger partial charge in [0.25, 0.3) is 0 Å². The van der Waals surface area contributed by atoms with Crippen molar-refractivity contribution in [2.75, 3.05) is 26.2 Å². The molecule has 28 heavy (non-hydrogen) atoms. The summed E-state index contributed by atoms with van der Waals surface area (Å²) in [7, 11) is -3.46. The fraction of sp³-hybridized carbons (Fsp3) is 0.350. The van der Waals surface area contributed by atoms with Gasteiger partial charge in [-0.15, -0.1) is 11.3 Å². The summed E-state index contributed by atoms with van der Waals surface area (Å²) >= 11 is 1.62. The molecule has 0 spiro atoms. The smallest absolute Gasteiger partial charge is 0.243 e. The van der Waals surface area contributed by atoms with E-state index in [1.54, 1.807) is 21.7 Å². The van der Waals surface area contributed by atoms with Crippen molar-refractivity contribution in [3.05, 3.63) is 58.6 Å². The third-order valence-corrected chi connectivity index (χ3v) is 7.93. The third kappa shape index (κ3) is 3.91. The molecule has 0 saturated carbocycles. The Bertz CT molecular complexity index is 1050. The highest BCUT2D eigenvalue weighted by Crippen LogP contribution is 2.26. The Hall–Kier alpha value is -2.00. The monoisotopic (exact) mass is 417 g/mol. The Labute approximate surface area is 169 Å². The van der Waals surface area contributed by atoms with Crippen LogP contribution in [0.1, 0.15) is 16.8 Å². The number of hydrogen-bond acceptors (Lipinski definition) is 6. The van der Waals surface area contributed by atoms with Crippen molar-refractivity contribution < 1.29 is 12.9 Å². The minimum atomic E-state index is -3.46. The predicted octanol–water partition coefficient (Wildman–Crippen LogP) is 3.53. The van der Waals surface area contributed by atoms with Gasteiger partial charge in [-0.1, -0.05) is 28.9 Å². The molecule has 1 aliphatic rings. The fourth-order valence-corrected chi connectivity index (χ4v) is 5.81. The zero-order valence-electron chi connectivity index (χ0n) is 16.0. The van der Waals surface area contributed by atoms with Crippen LogP contribution in [0.4, 0.5) is 0 Å². The average molecular weight is 418 g/mol. The van der Waals surface area contributed by atoms with Crippen LogP contribution >= 0.6 is 11.3 Å². The standard InChI is InChI=1S/C20H23N3O3S2/c1-15-5-6-20(16(2)12-15)28(24,25)23-9-7-22(8-10-23)14-17-13-18(26-21-17)19-4-3-11-27-19/h3-6,11-13H,7-10,14H2,1-2H3. The van der Waals surface area contributed by atoms with Crippen LogP contribution < -0.4 is 0 Å². The molecule has 0 bridgehead atoms. The van der Waals surface area contributed by atoms with Crippen LogP contribution in [0.5, 0.6) is 0 Å². The Kier molecular flexibility index (Phi) is 5.37. The van der Waals surface area contributed by atoms with Gasteiger partial charge in [0.05, 0.1) is 15.5 Å². The van der Waals surface area contributed by atoms with E-state index in [-0.39, 0.29) is 0 Å². The molecule has 1 fully saturated rings. The maximum atomic E-state index is 13.0. The van der Waals surface area contributed by atoms with Crippen LogP contribution in [0.25, 0.3) is 10.6 Å². The number of aromatic nitrogens is 1. The molecule has 3 aromatic rings. The minimum absolute atomic E-state index is 0.406. The Morgan fingerprint density at radius 2 is 1.89 bits per heavy atom. The predicted molar refractivity (Wildman–Crippen MR) is 110 cm³/mol. The lowest BCUT2D eigenvalue weighted by Gasteiger charge is -2.33. The van der Waals surface area contributed by atoms with Gasteiger partial charge in [0.1, 0.15) is 0 Å². The number of piperazine rings is 1. The first-order valence-corrected chi connectivity index (χ1v) is 11.5. The molecular weight excluding hydrogens is 394 g/mol. The topological polar surface area (TPSA) is 66.7 Å². The zero-order chi connectivity index (χ0) is 19.7. The summed E-state index contributed by atoms with van der Waals surface area (Å²) in [6, 6.07) is 11.4. The molecule has 0 atom stereocenters. The molecule has 0 radical (unpaired) electrons. The van der Waals surface area contributed by atoms with Crippen molar-refractivity contribution in [2.24, 2.45) is 0 Å². The molecule has 2 aromatic heterocycles. The Morgan fingerprint density at radius 1 is 1.11 bits per heavy atom. The highest BCUT2D eigenvalue weighted by Gasteiger charge is 2.29. The van der Waals surface area contributed by atoms with Gasteiger partial charge in [0, 0.05) is 38.8 Å². The minimum Gasteiger partial charge on any atom is -0.355 e. The SMILES string of the molecule is Cc1ccc(S(=O)(=O)N2CCN(Cc3cc(-c4cccs4)on3)CC2)c(C)c1. The summed E-state index contributed by atoms with van der Waals surface area (Å²) in [5, 5.41) is 6.17. The van der Waals surface area contributed by atoms with E-state index in [9.17, 15) is 8.42 Å². The third-order valence-electron chi connectivity index (χ3n) is 4.99. The van der Waals surface area contributed by atoms with Crippen LogP contribution in [0.15, 0.2) is 51.2 Å². The van der Waals surface area contributed by atoms with E-state index in [1.807, 2.05) is 49.6 Å². The van der Waals surface area contributed by atoms with Gasteiger partial charge in [0.2, 0.25) is 10.0 Å². The van der Waals surface area contributed by atoms with Gasteiger partial charge in [0.15, 0.2) is 5.76 Å². The fourth-order valence-electron chi connectivity index (χ4n) is 3.51. The maximum absolute atomic E-state index is 13.0. The van der Waals surface area contributed by atoms with Crippen LogP contribution in [0.2, 0.25) is 0 Å². The second kappa shape index (κ2) is 7.79. The van der Waals surface area contributed by atoms with Crippen LogP contribution in [-0.2, 0) is 16.6 Å². The van der Waals surface area contributed by atoms with E-state index in [1.165, 1.54) is 0 Å². The number of thiophene rings is 1. The van der Waals surface area contributed by atoms with Crippen molar-refractivity contribution in [3.63, 3.8) is 0 Å². The number of hydrogen-bond donors (Lipinski definition) is 0. The zero-order valence-corrected chi connectivity index (χ0v) is 17.6. The summed E-state index contributed by atoms with van der Waals surface area (Å²) in [4.78, 5) is 3.68. The van der Waals surface area contributed by atoms with Crippen molar-refractivity contribution in [3.8, 4) is 10.6 Å². The Morgan fingerprint density at radius 3 is 2.57 bits per heavy atom. The van der Waals surface area contributed by atoms with Crippen LogP contribution in [-0.4, -0.2) is 49.0 Å². The second-order valence-corrected chi connectivity index (χ2v) is 9.96. The molecule has 3 heterocycles. The van der Waals surface area contributed by atoms with Gasteiger partial charge in [-0.05, 0) is 36.9 Å². The number of rotatable bonds is 5. The summed E-state index contributed by atoms with van der Waals surface area (Å²) in [5.74, 6) is 0.779. The molecule has 1 aliphatic heterocycles. The molecule has 1 aromatic carbocycles. The van der Waals surface area contributed by atoms with Crippen LogP contribution in [0, 0.1) is 13.8 Å². The lowest BCUT2D eigenvalue weighted by molar-refractivity contribution is 0.178. The molecule has 6 nitrogen and oxygen atoms in total. The summed E-state index contributed by atoms with van der Waals surface area (Å²) in [6.07, 6.45) is 0. The number of sulfonamides is 1. The molecule has 148 valence electrons. The Balaban J connectivity index is 1.39. The molecule has 0 unspecified atom stereocenters. The van der Waals surface area contributed by atoms with Gasteiger partial charge >= 0.3 is 0 Å². The number of aryl methyl sites for hydroxylation is 2. The summed E-state index contributed by atoms with van der Waals surface area (Å²) < 4.78 is 33.0. The van der Waals surface area contributed by atoms with Crippen molar-refractivity contribution in [1.82, 2.24) is 14.4 Å². The first kappa shape index (κ1) is 19.3. The number of nitrogens with zero attached hydrogens (tertiary/aromatic N) is 3. The molecule has 0 N–H and O–H groups in total. The first-order chi connectivity index (χ1) is 13.4. The largest absolute Gasteiger partial charge is 0.355 e. The average Bonchev–Trinajstić information content (AvgIpc) is 3.33. The van der Waals surface area contributed by atoms with Gasteiger partial charge < -0.3 is 4.52 Å². The molecule has 8 heteroatoms. The first-order valence-electron chi connectivity index (χ1n) is 9.23. The van der Waals surface area contributed by atoms with Crippen molar-refractivity contribution >= 4 is 21.4 Å². The summed E-state index contributed by atoms with van der Waals surface area (Å²) in [5.41, 5.74) is 2.73. The molecule has 0 aliphatic carbocycles. The summed E-state index contributed by atoms with van der Waals surface area (Å²) in [6.45, 7) is 6.78. The lowest BCUT2D eigenvalue weighted by Crippen LogP contribution is -2.48. The van der Waals surface area contributed by atoms with E-state index < -0.39 is 10.0 Å². The molecule has 4 rings (SSSR count). The molecule has 0 amide bonds. The van der Waals surface area contributed by atoms with Crippen LogP contribution in [0.3, 0.4) is 0 Å². The molecule has 1 saturated heterocycles. The van der Waals surface area contributed by atoms with E-state index >= 15 is 0 Å². The van der Waals surface area contributed by atoms with Gasteiger partial charge in [-0.25, -0.2) is 8.42 Å². The van der Waals surface area contributed by atoms with Crippen molar-refractivity contribution in [2.45, 2.75) is 25.3 Å². The van der Waals surface area contributed by atoms with E-state index in [0.717, 1.165) is 27.5 Å². The second-order valence-electron chi connectivity index (χ2n) is 7.11. The van der Waals surface area contributed by atoms with E-state index in [2.05, 4.69) is 10.1 Å². The highest BCUT2D eigenvalue weighted by atomic mass is 32.2.